The van der Waals surface area contributed by atoms with Gasteiger partial charge in [0.25, 0.3) is 0 Å². The highest BCUT2D eigenvalue weighted by Gasteiger charge is 2.24. The summed E-state index contributed by atoms with van der Waals surface area (Å²) < 4.78 is 5.14. The topological polar surface area (TPSA) is 8.82 Å². The second-order valence-corrected chi connectivity index (χ2v) is 26.7. The fourth-order valence-corrected chi connectivity index (χ4v) is 14.7. The number of nitrogens with zero attached hydrogens (tertiary/aromatic N) is 2. The van der Waals surface area contributed by atoms with E-state index in [0.717, 1.165) is 12.8 Å². The van der Waals surface area contributed by atoms with Crippen LogP contribution in [0.5, 0.6) is 0 Å². The molecule has 2 heteroatoms. The maximum Gasteiger partial charge on any atom is 0.0620 e. The van der Waals surface area contributed by atoms with Crippen molar-refractivity contribution in [2.24, 2.45) is 0 Å². The minimum atomic E-state index is 0.0561. The third-order valence-electron chi connectivity index (χ3n) is 19.7. The Balaban J connectivity index is 0.751. The van der Waals surface area contributed by atoms with Crippen LogP contribution in [0, 0.1) is 6.92 Å². The maximum atomic E-state index is 2.57. The predicted octanol–water partition coefficient (Wildman–Crippen LogP) is 23.5. The molecule has 16 rings (SSSR count). The monoisotopic (exact) mass is 1070 g/mol. The van der Waals surface area contributed by atoms with E-state index in [4.69, 9.17) is 0 Å². The molecule has 4 aromatic heterocycles. The van der Waals surface area contributed by atoms with Gasteiger partial charge in [0.1, 0.15) is 0 Å². The van der Waals surface area contributed by atoms with Crippen molar-refractivity contribution in [3.05, 3.63) is 228 Å². The molecule has 0 radical (unpaired) electrons. The van der Waals surface area contributed by atoms with Crippen LogP contribution in [0.1, 0.15) is 132 Å². The van der Waals surface area contributed by atoms with Gasteiger partial charge >= 0.3 is 0 Å². The summed E-state index contributed by atoms with van der Waals surface area (Å²) in [5, 5.41) is 21.0. The fourth-order valence-electron chi connectivity index (χ4n) is 14.7. The minimum absolute atomic E-state index is 0.0561. The Morgan fingerprint density at radius 1 is 0.325 bits per heavy atom. The lowest BCUT2D eigenvalue weighted by Gasteiger charge is -2.20. The molecule has 0 bridgehead atoms. The Bertz CT molecular complexity index is 5360. The molecule has 83 heavy (non-hydrogen) atoms. The van der Waals surface area contributed by atoms with Crippen LogP contribution in [0.15, 0.2) is 194 Å². The summed E-state index contributed by atoms with van der Waals surface area (Å²) in [7, 11) is 0. The number of aromatic nitrogens is 2. The quantitative estimate of drug-likeness (QED) is 0.136. The molecule has 16 aromatic rings. The van der Waals surface area contributed by atoms with Crippen molar-refractivity contribution in [3.8, 4) is 22.3 Å². The Morgan fingerprint density at radius 3 is 1.11 bits per heavy atom. The van der Waals surface area contributed by atoms with Crippen molar-refractivity contribution in [3.63, 3.8) is 0 Å². The molecule has 0 aliphatic carbocycles. The van der Waals surface area contributed by atoms with Gasteiger partial charge in [-0.2, -0.15) is 0 Å². The van der Waals surface area contributed by atoms with Crippen LogP contribution >= 0.6 is 0 Å². The van der Waals surface area contributed by atoms with Crippen molar-refractivity contribution in [2.45, 2.75) is 111 Å². The average Bonchev–Trinajstić information content (AvgIpc) is 1.65. The van der Waals surface area contributed by atoms with Crippen molar-refractivity contribution < 1.29 is 0 Å². The number of hydrogen-bond donors (Lipinski definition) is 0. The molecule has 0 amide bonds. The molecule has 2 atom stereocenters. The molecular formula is C81H70N2. The Hall–Kier alpha value is -8.72. The number of hydrogen-bond acceptors (Lipinski definition) is 0. The Labute approximate surface area is 486 Å². The van der Waals surface area contributed by atoms with E-state index in [-0.39, 0.29) is 5.41 Å². The maximum absolute atomic E-state index is 2.57. The first-order valence-corrected chi connectivity index (χ1v) is 30.6. The standard InChI is InChI=1S/C81H70N2/c1-45(2)50-20-24-55-41-75-67(33-59(55)28-50)71-37-63(54-15-13-16-65(32-54)81(8,9)10)38-72-68-35-61-30-52(22-26-57(61)43-76(68)82(75)79(71)72)47(5)18-19-48(6)53-23-27-58-44-78-70(36-62(58)31-53)74-40-64(66-17-12-11-14-49(66)7)39-73-69-34-60-29-51(46(3)4)21-25-56(60)42-77(69)83(78)80(73)74/h11-17,20-48H,18-19H2,1-10H3. The van der Waals surface area contributed by atoms with Gasteiger partial charge in [0.05, 0.1) is 33.1 Å². The van der Waals surface area contributed by atoms with E-state index in [1.54, 1.807) is 0 Å². The minimum Gasteiger partial charge on any atom is -0.308 e. The summed E-state index contributed by atoms with van der Waals surface area (Å²) in [6.07, 6.45) is 2.22. The lowest BCUT2D eigenvalue weighted by molar-refractivity contribution is 0.574. The lowest BCUT2D eigenvalue weighted by Crippen LogP contribution is -2.10. The Morgan fingerprint density at radius 2 is 0.711 bits per heavy atom. The molecule has 12 aromatic carbocycles. The van der Waals surface area contributed by atoms with E-state index in [1.165, 1.54) is 175 Å². The third-order valence-corrected chi connectivity index (χ3v) is 19.7. The van der Waals surface area contributed by atoms with Crippen LogP contribution in [-0.2, 0) is 5.41 Å². The van der Waals surface area contributed by atoms with Crippen molar-refractivity contribution in [1.29, 1.82) is 0 Å². The first kappa shape index (κ1) is 50.0. The molecule has 0 saturated heterocycles. The van der Waals surface area contributed by atoms with Crippen LogP contribution in [0.25, 0.3) is 142 Å². The van der Waals surface area contributed by atoms with Gasteiger partial charge in [0.2, 0.25) is 0 Å². The summed E-state index contributed by atoms with van der Waals surface area (Å²) in [5.41, 5.74) is 21.2. The highest BCUT2D eigenvalue weighted by molar-refractivity contribution is 6.28. The highest BCUT2D eigenvalue weighted by atomic mass is 14.9. The molecule has 2 nitrogen and oxygen atoms in total. The van der Waals surface area contributed by atoms with E-state index in [9.17, 15) is 0 Å². The Kier molecular flexibility index (Phi) is 10.9. The summed E-state index contributed by atoms with van der Waals surface area (Å²) in [4.78, 5) is 0. The van der Waals surface area contributed by atoms with Gasteiger partial charge in [0, 0.05) is 43.1 Å². The van der Waals surface area contributed by atoms with E-state index in [2.05, 4.69) is 272 Å². The smallest absolute Gasteiger partial charge is 0.0620 e. The summed E-state index contributed by atoms with van der Waals surface area (Å²) in [6.45, 7) is 23.2. The fraction of sp³-hybridized carbons (Fsp3) is 0.210. The molecule has 0 aliphatic heterocycles. The predicted molar refractivity (Wildman–Crippen MR) is 361 cm³/mol. The van der Waals surface area contributed by atoms with E-state index >= 15 is 0 Å². The van der Waals surface area contributed by atoms with E-state index in [0.29, 0.717) is 23.7 Å². The number of rotatable bonds is 9. The average molecular weight is 1070 g/mol. The zero-order valence-corrected chi connectivity index (χ0v) is 49.6. The lowest BCUT2D eigenvalue weighted by atomic mass is 9.85. The zero-order chi connectivity index (χ0) is 56.5. The first-order valence-electron chi connectivity index (χ1n) is 30.6. The third kappa shape index (κ3) is 7.74. The largest absolute Gasteiger partial charge is 0.308 e. The van der Waals surface area contributed by atoms with Crippen molar-refractivity contribution in [2.75, 3.05) is 0 Å². The number of fused-ring (bicyclic) bond motifs is 16. The van der Waals surface area contributed by atoms with Gasteiger partial charge in [-0.05, 0) is 220 Å². The van der Waals surface area contributed by atoms with Crippen LogP contribution in [0.3, 0.4) is 0 Å². The van der Waals surface area contributed by atoms with E-state index < -0.39 is 0 Å². The molecule has 0 N–H and O–H groups in total. The SMILES string of the molecule is Cc1ccccc1-c1cc2c3cc4cc(C(C)C)ccc4cc3n3c4cc5ccc(C(C)CCC(C)c6ccc7cc8c(cc7c6)c6cc(-c7cccc(C(C)(C)C)c7)cc7c9cc%10cc(C(C)C)ccc%10cc9n8c76)cc5cc4c(c1)c23. The van der Waals surface area contributed by atoms with Crippen LogP contribution in [0.2, 0.25) is 0 Å². The van der Waals surface area contributed by atoms with Crippen molar-refractivity contribution >= 4 is 119 Å². The molecule has 404 valence electrons. The van der Waals surface area contributed by atoms with Crippen LogP contribution < -0.4 is 0 Å². The second-order valence-electron chi connectivity index (χ2n) is 26.7. The van der Waals surface area contributed by atoms with Gasteiger partial charge in [-0.3, -0.25) is 0 Å². The second kappa shape index (κ2) is 18.1. The van der Waals surface area contributed by atoms with Gasteiger partial charge in [0.15, 0.2) is 0 Å². The normalized spacial score (nSPS) is 13.6. The molecule has 0 fully saturated rings. The summed E-state index contributed by atoms with van der Waals surface area (Å²) in [6, 6.07) is 76.4. The molecule has 2 unspecified atom stereocenters. The van der Waals surface area contributed by atoms with Gasteiger partial charge in [-0.25, -0.2) is 0 Å². The summed E-state index contributed by atoms with van der Waals surface area (Å²) >= 11 is 0. The number of benzene rings is 12. The highest BCUT2D eigenvalue weighted by Crippen LogP contribution is 2.47. The summed E-state index contributed by atoms with van der Waals surface area (Å²) in [5.74, 6) is 1.78. The molecule has 0 saturated carbocycles. The zero-order valence-electron chi connectivity index (χ0n) is 49.6. The van der Waals surface area contributed by atoms with Crippen LogP contribution in [0.4, 0.5) is 0 Å². The molecular weight excluding hydrogens is 1000 g/mol. The van der Waals surface area contributed by atoms with E-state index in [1.807, 2.05) is 0 Å². The van der Waals surface area contributed by atoms with Gasteiger partial charge in [-0.15, -0.1) is 0 Å². The molecule has 4 heterocycles. The van der Waals surface area contributed by atoms with Crippen molar-refractivity contribution in [1.82, 2.24) is 8.80 Å². The van der Waals surface area contributed by atoms with Gasteiger partial charge in [-0.1, -0.05) is 184 Å². The first-order chi connectivity index (χ1) is 40.1. The van der Waals surface area contributed by atoms with Crippen LogP contribution in [-0.4, -0.2) is 8.80 Å². The number of aryl methyl sites for hydroxylation is 1. The van der Waals surface area contributed by atoms with Gasteiger partial charge < -0.3 is 8.80 Å². The molecule has 0 spiro atoms. The molecule has 0 aliphatic rings.